The molecule has 0 spiro atoms. The largest absolute Gasteiger partial charge is 0.317 e. The summed E-state index contributed by atoms with van der Waals surface area (Å²) in [5.41, 5.74) is -0.158. The lowest BCUT2D eigenvalue weighted by molar-refractivity contribution is -0.965. The molecule has 3 atom stereocenters. The molecule has 1 aliphatic heterocycles. The first-order valence-corrected chi connectivity index (χ1v) is 5.25. The lowest BCUT2D eigenvalue weighted by Crippen LogP contribution is -3.23. The van der Waals surface area contributed by atoms with Crippen molar-refractivity contribution in [3.63, 3.8) is 0 Å². The summed E-state index contributed by atoms with van der Waals surface area (Å²) in [5.74, 6) is 3.37. The van der Waals surface area contributed by atoms with E-state index < -0.39 is 0 Å². The van der Waals surface area contributed by atoms with Crippen molar-refractivity contribution in [1.82, 2.24) is 0 Å². The summed E-state index contributed by atoms with van der Waals surface area (Å²) in [6, 6.07) is 0.352. The number of terminal acetylenes is 1. The van der Waals surface area contributed by atoms with Gasteiger partial charge in [0.2, 0.25) is 0 Å². The van der Waals surface area contributed by atoms with E-state index in [2.05, 4.69) is 26.7 Å². The molecule has 1 aliphatic rings. The number of nitrogens with one attached hydrogen (secondary N) is 1. The molecule has 1 N–H and O–H groups in total. The van der Waals surface area contributed by atoms with Crippen LogP contribution in [0.25, 0.3) is 0 Å². The highest BCUT2D eigenvalue weighted by Crippen LogP contribution is 2.09. The van der Waals surface area contributed by atoms with Gasteiger partial charge in [0.25, 0.3) is 0 Å². The fraction of sp³-hybridized carbons (Fsp3) is 0.750. The number of carbonyl (C=O) groups is 1. The molecule has 1 fully saturated rings. The number of likely N-dealkylation sites (tertiary alicyclic amines) is 1. The Hall–Kier alpha value is -0.810. The molecule has 0 aromatic heterocycles. The second-order valence-electron chi connectivity index (χ2n) is 4.97. The van der Waals surface area contributed by atoms with Crippen molar-refractivity contribution < 1.29 is 9.69 Å². The number of piperidine rings is 1. The van der Waals surface area contributed by atoms with Crippen LogP contribution in [0.1, 0.15) is 34.1 Å². The molecule has 0 aliphatic carbocycles. The molecule has 2 heteroatoms. The number of hydrogen-bond acceptors (Lipinski definition) is 1. The summed E-state index contributed by atoms with van der Waals surface area (Å²) in [6.45, 7) is 9.12. The first-order chi connectivity index (χ1) is 6.38. The lowest BCUT2D eigenvalue weighted by Gasteiger charge is -2.40. The van der Waals surface area contributed by atoms with Crippen LogP contribution in [0.15, 0.2) is 0 Å². The van der Waals surface area contributed by atoms with Gasteiger partial charge >= 0.3 is 0 Å². The van der Waals surface area contributed by atoms with E-state index >= 15 is 0 Å². The minimum Gasteiger partial charge on any atom is -0.317 e. The molecule has 14 heavy (non-hydrogen) atoms. The Morgan fingerprint density at radius 2 is 2.07 bits per heavy atom. The number of rotatable bonds is 1. The van der Waals surface area contributed by atoms with Gasteiger partial charge in [-0.2, -0.15) is 0 Å². The standard InChI is InChI=1S/C12H19NO/c1-6-12(4,5)13-8-9(2)11(14)7-10(13)3/h1,9-10H,7-8H2,2-5H3/p+1/t9-,10-/m0/s1. The summed E-state index contributed by atoms with van der Waals surface area (Å²) >= 11 is 0. The molecule has 0 radical (unpaired) electrons. The topological polar surface area (TPSA) is 21.5 Å². The molecule has 1 unspecified atom stereocenters. The van der Waals surface area contributed by atoms with Crippen molar-refractivity contribution >= 4 is 5.78 Å². The zero-order valence-corrected chi connectivity index (χ0v) is 9.55. The van der Waals surface area contributed by atoms with Gasteiger partial charge in [0, 0.05) is 13.8 Å². The maximum Gasteiger partial charge on any atom is 0.153 e. The van der Waals surface area contributed by atoms with Crippen LogP contribution < -0.4 is 4.90 Å². The number of Topliss-reactive ketones (excluding diaryl/α,β-unsaturated/α-hetero) is 1. The Balaban J connectivity index is 2.82. The predicted molar refractivity (Wildman–Crippen MR) is 57.0 cm³/mol. The molecular weight excluding hydrogens is 174 g/mol. The van der Waals surface area contributed by atoms with E-state index in [-0.39, 0.29) is 11.5 Å². The minimum absolute atomic E-state index is 0.158. The number of hydrogen-bond donors (Lipinski definition) is 1. The first kappa shape index (κ1) is 11.3. The fourth-order valence-electron chi connectivity index (χ4n) is 2.23. The summed E-state index contributed by atoms with van der Waals surface area (Å²) in [7, 11) is 0. The van der Waals surface area contributed by atoms with E-state index in [9.17, 15) is 4.79 Å². The van der Waals surface area contributed by atoms with Crippen LogP contribution in [-0.4, -0.2) is 23.9 Å². The van der Waals surface area contributed by atoms with Gasteiger partial charge in [0.1, 0.15) is 5.78 Å². The van der Waals surface area contributed by atoms with Gasteiger partial charge in [-0.25, -0.2) is 0 Å². The van der Waals surface area contributed by atoms with Gasteiger partial charge < -0.3 is 4.90 Å². The molecule has 78 valence electrons. The average molecular weight is 194 g/mol. The van der Waals surface area contributed by atoms with Crippen LogP contribution in [0.5, 0.6) is 0 Å². The maximum absolute atomic E-state index is 11.5. The summed E-state index contributed by atoms with van der Waals surface area (Å²) in [5, 5.41) is 0. The molecule has 0 saturated carbocycles. The minimum atomic E-state index is -0.158. The normalized spacial score (nSPS) is 33.9. The lowest BCUT2D eigenvalue weighted by atomic mass is 9.89. The van der Waals surface area contributed by atoms with Crippen LogP contribution in [0.3, 0.4) is 0 Å². The zero-order valence-electron chi connectivity index (χ0n) is 9.55. The second kappa shape index (κ2) is 3.74. The summed E-state index contributed by atoms with van der Waals surface area (Å²) in [4.78, 5) is 12.9. The SMILES string of the molecule is C#CC(C)(C)[NH+]1C[C@H](C)C(=O)C[C@@H]1C. The summed E-state index contributed by atoms with van der Waals surface area (Å²) in [6.07, 6.45) is 6.19. The monoisotopic (exact) mass is 194 g/mol. The van der Waals surface area contributed by atoms with E-state index in [0.29, 0.717) is 18.2 Å². The van der Waals surface area contributed by atoms with Gasteiger partial charge in [-0.15, -0.1) is 6.42 Å². The van der Waals surface area contributed by atoms with E-state index in [0.717, 1.165) is 6.54 Å². The molecule has 0 aromatic rings. The first-order valence-electron chi connectivity index (χ1n) is 5.25. The average Bonchev–Trinajstić information content (AvgIpc) is 2.11. The molecule has 0 amide bonds. The Labute approximate surface area is 86.7 Å². The van der Waals surface area contributed by atoms with Crippen LogP contribution in [-0.2, 0) is 4.79 Å². The predicted octanol–water partition coefficient (Wildman–Crippen LogP) is 0.280. The third-order valence-corrected chi connectivity index (χ3v) is 3.34. The Morgan fingerprint density at radius 3 is 2.57 bits per heavy atom. The highest BCUT2D eigenvalue weighted by Gasteiger charge is 2.40. The van der Waals surface area contributed by atoms with Crippen molar-refractivity contribution in [1.29, 1.82) is 0 Å². The molecule has 0 aromatic carbocycles. The number of carbonyl (C=O) groups excluding carboxylic acids is 1. The second-order valence-corrected chi connectivity index (χ2v) is 4.97. The highest BCUT2D eigenvalue weighted by atomic mass is 16.1. The number of ketones is 1. The molecule has 1 saturated heterocycles. The molecule has 2 nitrogen and oxygen atoms in total. The molecule has 0 bridgehead atoms. The van der Waals surface area contributed by atoms with Crippen molar-refractivity contribution in [2.75, 3.05) is 6.54 Å². The van der Waals surface area contributed by atoms with E-state index in [4.69, 9.17) is 6.42 Å². The Morgan fingerprint density at radius 1 is 1.50 bits per heavy atom. The van der Waals surface area contributed by atoms with Crippen LogP contribution in [0, 0.1) is 18.3 Å². The van der Waals surface area contributed by atoms with Crippen LogP contribution in [0.2, 0.25) is 0 Å². The van der Waals surface area contributed by atoms with Crippen molar-refractivity contribution in [3.8, 4) is 12.3 Å². The quantitative estimate of drug-likeness (QED) is 0.595. The van der Waals surface area contributed by atoms with E-state index in [1.165, 1.54) is 4.90 Å². The summed E-state index contributed by atoms with van der Waals surface area (Å²) < 4.78 is 0. The van der Waals surface area contributed by atoms with Gasteiger partial charge in [0.05, 0.1) is 24.9 Å². The Kier molecular flexibility index (Phi) is 3.01. The van der Waals surface area contributed by atoms with Crippen molar-refractivity contribution in [2.24, 2.45) is 5.92 Å². The van der Waals surface area contributed by atoms with Gasteiger partial charge in [-0.1, -0.05) is 6.92 Å². The van der Waals surface area contributed by atoms with Crippen molar-refractivity contribution in [2.45, 2.75) is 45.7 Å². The van der Waals surface area contributed by atoms with E-state index in [1.54, 1.807) is 0 Å². The zero-order chi connectivity index (χ0) is 10.9. The number of quaternary nitrogens is 1. The molecule has 1 rings (SSSR count). The maximum atomic E-state index is 11.5. The fourth-order valence-corrected chi connectivity index (χ4v) is 2.23. The van der Waals surface area contributed by atoms with Crippen molar-refractivity contribution in [3.05, 3.63) is 0 Å². The highest BCUT2D eigenvalue weighted by molar-refractivity contribution is 5.81. The van der Waals surface area contributed by atoms with Gasteiger partial charge in [-0.3, -0.25) is 4.79 Å². The Bertz CT molecular complexity index is 275. The van der Waals surface area contributed by atoms with Crippen LogP contribution >= 0.6 is 0 Å². The third-order valence-electron chi connectivity index (χ3n) is 3.34. The van der Waals surface area contributed by atoms with Gasteiger partial charge in [-0.05, 0) is 12.8 Å². The van der Waals surface area contributed by atoms with E-state index in [1.807, 2.05) is 6.92 Å². The molecule has 1 heterocycles. The molecular formula is C12H20NO+. The van der Waals surface area contributed by atoms with Gasteiger partial charge in [0.15, 0.2) is 5.54 Å². The third kappa shape index (κ3) is 1.99. The smallest absolute Gasteiger partial charge is 0.153 e. The van der Waals surface area contributed by atoms with Crippen LogP contribution in [0.4, 0.5) is 0 Å².